The van der Waals surface area contributed by atoms with E-state index in [4.69, 9.17) is 10.00 Å². The Morgan fingerprint density at radius 2 is 2.05 bits per heavy atom. The van der Waals surface area contributed by atoms with Crippen molar-refractivity contribution in [1.82, 2.24) is 4.98 Å². The molecule has 1 aromatic heterocycles. The Hall–Kier alpha value is -2.30. The van der Waals surface area contributed by atoms with Gasteiger partial charge in [0.2, 0.25) is 0 Å². The summed E-state index contributed by atoms with van der Waals surface area (Å²) in [5.74, 6) is -1.28. The highest BCUT2D eigenvalue weighted by Gasteiger charge is 2.33. The zero-order valence-corrected chi connectivity index (χ0v) is 12.4. The molecule has 1 heterocycles. The summed E-state index contributed by atoms with van der Waals surface area (Å²) in [6.07, 6.45) is -4.89. The average molecular weight is 315 g/mol. The molecule has 5 nitrogen and oxygen atoms in total. The van der Waals surface area contributed by atoms with Crippen LogP contribution in [0.15, 0.2) is 12.1 Å². The summed E-state index contributed by atoms with van der Waals surface area (Å²) in [6, 6.07) is 3.52. The molecule has 0 amide bonds. The minimum atomic E-state index is -4.60. The minimum absolute atomic E-state index is 0.00848. The number of carbonyl (C=O) groups excluding carboxylic acids is 1. The third-order valence-electron chi connectivity index (χ3n) is 2.64. The largest absolute Gasteiger partial charge is 0.463 e. The van der Waals surface area contributed by atoms with Gasteiger partial charge < -0.3 is 10.1 Å². The second-order valence-corrected chi connectivity index (χ2v) is 4.97. The topological polar surface area (TPSA) is 75.0 Å². The van der Waals surface area contributed by atoms with Crippen molar-refractivity contribution < 1.29 is 22.7 Å². The lowest BCUT2D eigenvalue weighted by atomic mass is 10.1. The smallest absolute Gasteiger partial charge is 0.433 e. The Morgan fingerprint density at radius 1 is 1.41 bits per heavy atom. The zero-order chi connectivity index (χ0) is 16.9. The highest BCUT2D eigenvalue weighted by Crippen LogP contribution is 2.29. The van der Waals surface area contributed by atoms with Crippen molar-refractivity contribution in [3.05, 3.63) is 23.4 Å². The summed E-state index contributed by atoms with van der Waals surface area (Å²) < 4.78 is 42.9. The maximum atomic E-state index is 12.6. The van der Waals surface area contributed by atoms with Gasteiger partial charge in [0.1, 0.15) is 17.6 Å². The third-order valence-corrected chi connectivity index (χ3v) is 2.64. The van der Waals surface area contributed by atoms with Crippen LogP contribution in [0.2, 0.25) is 0 Å². The number of anilines is 1. The van der Waals surface area contributed by atoms with Crippen LogP contribution in [-0.2, 0) is 15.7 Å². The second-order valence-electron chi connectivity index (χ2n) is 4.97. The van der Waals surface area contributed by atoms with E-state index in [0.717, 1.165) is 12.1 Å². The van der Waals surface area contributed by atoms with E-state index >= 15 is 0 Å². The lowest BCUT2D eigenvalue weighted by molar-refractivity contribution is -0.151. The molecule has 0 radical (unpaired) electrons. The molecular formula is C14H16F3N3O2. The fourth-order valence-corrected chi connectivity index (χ4v) is 1.52. The van der Waals surface area contributed by atoms with Crippen LogP contribution in [0, 0.1) is 17.2 Å². The molecule has 0 saturated carbocycles. The summed E-state index contributed by atoms with van der Waals surface area (Å²) >= 11 is 0. The van der Waals surface area contributed by atoms with Gasteiger partial charge in [-0.2, -0.15) is 18.4 Å². The number of hydrogen-bond acceptors (Lipinski definition) is 5. The monoisotopic (exact) mass is 315 g/mol. The molecule has 0 bridgehead atoms. The molecule has 1 aromatic rings. The van der Waals surface area contributed by atoms with Crippen molar-refractivity contribution in [3.8, 4) is 6.07 Å². The standard InChI is InChI=1S/C14H16F3N3O2/c1-8(2)22-13(21)9(3)7-19-12-10(6-18)4-5-11(20-12)14(15,16)17/h4-5,8-9H,7H2,1-3H3,(H,19,20). The number of ether oxygens (including phenoxy) is 1. The van der Waals surface area contributed by atoms with Gasteiger partial charge in [-0.3, -0.25) is 4.79 Å². The lowest BCUT2D eigenvalue weighted by Crippen LogP contribution is -2.25. The number of alkyl halides is 3. The highest BCUT2D eigenvalue weighted by molar-refractivity contribution is 5.73. The van der Waals surface area contributed by atoms with E-state index in [9.17, 15) is 18.0 Å². The fourth-order valence-electron chi connectivity index (χ4n) is 1.52. The van der Waals surface area contributed by atoms with Crippen LogP contribution in [0.3, 0.4) is 0 Å². The summed E-state index contributed by atoms with van der Waals surface area (Å²) in [4.78, 5) is 15.0. The molecular weight excluding hydrogens is 299 g/mol. The van der Waals surface area contributed by atoms with Gasteiger partial charge in [-0.1, -0.05) is 6.92 Å². The van der Waals surface area contributed by atoms with Crippen molar-refractivity contribution in [1.29, 1.82) is 5.26 Å². The van der Waals surface area contributed by atoms with Gasteiger partial charge in [0.25, 0.3) is 0 Å². The van der Waals surface area contributed by atoms with Crippen molar-refractivity contribution >= 4 is 11.8 Å². The van der Waals surface area contributed by atoms with Crippen molar-refractivity contribution in [2.24, 2.45) is 5.92 Å². The normalized spacial score (nSPS) is 12.6. The van der Waals surface area contributed by atoms with Gasteiger partial charge in [0, 0.05) is 6.54 Å². The Morgan fingerprint density at radius 3 is 2.55 bits per heavy atom. The van der Waals surface area contributed by atoms with E-state index in [1.165, 1.54) is 0 Å². The molecule has 0 aliphatic carbocycles. The van der Waals surface area contributed by atoms with Crippen LogP contribution in [-0.4, -0.2) is 23.6 Å². The number of halogens is 3. The molecule has 1 N–H and O–H groups in total. The Bertz CT molecular complexity index is 580. The summed E-state index contributed by atoms with van der Waals surface area (Å²) in [5.41, 5.74) is -1.14. The number of pyridine rings is 1. The number of nitriles is 1. The van der Waals surface area contributed by atoms with E-state index in [1.807, 2.05) is 0 Å². The predicted octanol–water partition coefficient (Wildman–Crippen LogP) is 2.97. The van der Waals surface area contributed by atoms with Gasteiger partial charge in [0.05, 0.1) is 17.6 Å². The van der Waals surface area contributed by atoms with Crippen molar-refractivity contribution in [2.45, 2.75) is 33.1 Å². The SMILES string of the molecule is CC(C)OC(=O)C(C)CNc1nc(C(F)(F)F)ccc1C#N. The van der Waals surface area contributed by atoms with Gasteiger partial charge in [-0.05, 0) is 26.0 Å². The van der Waals surface area contributed by atoms with Crippen LogP contribution >= 0.6 is 0 Å². The van der Waals surface area contributed by atoms with Crippen molar-refractivity contribution in [2.75, 3.05) is 11.9 Å². The van der Waals surface area contributed by atoms with E-state index in [1.54, 1.807) is 26.8 Å². The minimum Gasteiger partial charge on any atom is -0.463 e. The molecule has 1 unspecified atom stereocenters. The average Bonchev–Trinajstić information content (AvgIpc) is 2.42. The first-order chi connectivity index (χ1) is 10.1. The van der Waals surface area contributed by atoms with E-state index < -0.39 is 23.8 Å². The molecule has 0 aliphatic heterocycles. The van der Waals surface area contributed by atoms with Crippen LogP contribution < -0.4 is 5.32 Å². The Kier molecular flexibility index (Phi) is 5.74. The number of rotatable bonds is 5. The van der Waals surface area contributed by atoms with Crippen LogP contribution in [0.1, 0.15) is 32.0 Å². The van der Waals surface area contributed by atoms with Gasteiger partial charge >= 0.3 is 12.1 Å². The maximum absolute atomic E-state index is 12.6. The lowest BCUT2D eigenvalue weighted by Gasteiger charge is -2.16. The molecule has 0 fully saturated rings. The van der Waals surface area contributed by atoms with Crippen LogP contribution in [0.5, 0.6) is 0 Å². The third kappa shape index (κ3) is 4.91. The quantitative estimate of drug-likeness (QED) is 0.846. The maximum Gasteiger partial charge on any atom is 0.433 e. The first-order valence-electron chi connectivity index (χ1n) is 6.57. The Labute approximate surface area is 126 Å². The van der Waals surface area contributed by atoms with Gasteiger partial charge in [-0.25, -0.2) is 4.98 Å². The molecule has 0 saturated heterocycles. The van der Waals surface area contributed by atoms with E-state index in [-0.39, 0.29) is 24.0 Å². The molecule has 0 spiro atoms. The van der Waals surface area contributed by atoms with Gasteiger partial charge in [-0.15, -0.1) is 0 Å². The number of nitrogens with zero attached hydrogens (tertiary/aromatic N) is 2. The number of hydrogen-bond donors (Lipinski definition) is 1. The second kappa shape index (κ2) is 7.11. The first kappa shape index (κ1) is 17.8. The van der Waals surface area contributed by atoms with Gasteiger partial charge in [0.15, 0.2) is 0 Å². The summed E-state index contributed by atoms with van der Waals surface area (Å²) in [5, 5.41) is 11.5. The molecule has 0 aromatic carbocycles. The summed E-state index contributed by atoms with van der Waals surface area (Å²) in [6.45, 7) is 4.96. The number of aromatic nitrogens is 1. The zero-order valence-electron chi connectivity index (χ0n) is 12.4. The molecule has 0 aliphatic rings. The van der Waals surface area contributed by atoms with E-state index in [0.29, 0.717) is 0 Å². The predicted molar refractivity (Wildman–Crippen MR) is 72.8 cm³/mol. The highest BCUT2D eigenvalue weighted by atomic mass is 19.4. The molecule has 120 valence electrons. The number of carbonyl (C=O) groups is 1. The number of nitrogens with one attached hydrogen (secondary N) is 1. The molecule has 22 heavy (non-hydrogen) atoms. The van der Waals surface area contributed by atoms with Crippen LogP contribution in [0.4, 0.5) is 19.0 Å². The Balaban J connectivity index is 2.84. The van der Waals surface area contributed by atoms with Crippen molar-refractivity contribution in [3.63, 3.8) is 0 Å². The molecule has 1 atom stereocenters. The fraction of sp³-hybridized carbons (Fsp3) is 0.500. The molecule has 1 rings (SSSR count). The van der Waals surface area contributed by atoms with Crippen LogP contribution in [0.25, 0.3) is 0 Å². The summed E-state index contributed by atoms with van der Waals surface area (Å²) in [7, 11) is 0. The number of esters is 1. The van der Waals surface area contributed by atoms with E-state index in [2.05, 4.69) is 10.3 Å². The molecule has 8 heteroatoms. The first-order valence-corrected chi connectivity index (χ1v) is 6.57.